The minimum Gasteiger partial charge on any atom is -0.408 e. The third kappa shape index (κ3) is 4.34. The Morgan fingerprint density at radius 3 is 2.37 bits per heavy atom. The van der Waals surface area contributed by atoms with Crippen molar-refractivity contribution < 1.29 is 22.4 Å². The standard InChI is InChI=1S/C17H22N4O5S/c1-4-15-19-20-17(26-15)18-16(22)13-5-7-14(8-6-13)27(23,24)21-9-11(2)25-12(3)10-21/h5-8,11-12H,4,9-10H2,1-3H3,(H,18,20,22)/t11-,12-/m0/s1. The van der Waals surface area contributed by atoms with E-state index in [1.807, 2.05) is 20.8 Å². The number of anilines is 1. The molecule has 1 aliphatic heterocycles. The van der Waals surface area contributed by atoms with Gasteiger partial charge in [-0.15, -0.1) is 5.10 Å². The lowest BCUT2D eigenvalue weighted by atomic mass is 10.2. The van der Waals surface area contributed by atoms with Crippen molar-refractivity contribution in [3.8, 4) is 0 Å². The molecule has 0 bridgehead atoms. The van der Waals surface area contributed by atoms with Gasteiger partial charge in [-0.2, -0.15) is 4.31 Å². The van der Waals surface area contributed by atoms with E-state index in [4.69, 9.17) is 9.15 Å². The van der Waals surface area contributed by atoms with E-state index in [0.29, 0.717) is 25.4 Å². The maximum Gasteiger partial charge on any atom is 0.322 e. The Hall–Kier alpha value is -2.30. The normalized spacial score (nSPS) is 21.1. The van der Waals surface area contributed by atoms with Crippen LogP contribution in [-0.4, -0.2) is 54.1 Å². The van der Waals surface area contributed by atoms with Gasteiger partial charge in [0.2, 0.25) is 15.9 Å². The van der Waals surface area contributed by atoms with Crippen molar-refractivity contribution >= 4 is 21.9 Å². The van der Waals surface area contributed by atoms with Crippen molar-refractivity contribution in [2.75, 3.05) is 18.4 Å². The summed E-state index contributed by atoms with van der Waals surface area (Å²) in [5.41, 5.74) is 0.286. The predicted octanol–water partition coefficient (Wildman–Crippen LogP) is 1.68. The Kier molecular flexibility index (Phi) is 5.59. The second-order valence-corrected chi connectivity index (χ2v) is 8.35. The maximum absolute atomic E-state index is 12.8. The van der Waals surface area contributed by atoms with Crippen molar-refractivity contribution in [1.82, 2.24) is 14.5 Å². The Balaban J connectivity index is 1.73. The second kappa shape index (κ2) is 7.75. The molecule has 0 unspecified atom stereocenters. The summed E-state index contributed by atoms with van der Waals surface area (Å²) in [7, 11) is -3.65. The number of aromatic nitrogens is 2. The van der Waals surface area contributed by atoms with Crippen LogP contribution in [0, 0.1) is 0 Å². The molecular formula is C17H22N4O5S. The highest BCUT2D eigenvalue weighted by molar-refractivity contribution is 7.89. The molecule has 1 N–H and O–H groups in total. The van der Waals surface area contributed by atoms with Gasteiger partial charge in [0, 0.05) is 25.1 Å². The summed E-state index contributed by atoms with van der Waals surface area (Å²) in [4.78, 5) is 12.4. The molecule has 1 saturated heterocycles. The second-order valence-electron chi connectivity index (χ2n) is 6.41. The van der Waals surface area contributed by atoms with Crippen molar-refractivity contribution in [3.05, 3.63) is 35.7 Å². The van der Waals surface area contributed by atoms with Gasteiger partial charge in [0.1, 0.15) is 0 Å². The number of hydrogen-bond acceptors (Lipinski definition) is 7. The zero-order valence-electron chi connectivity index (χ0n) is 15.4. The Morgan fingerprint density at radius 1 is 1.19 bits per heavy atom. The summed E-state index contributed by atoms with van der Waals surface area (Å²) in [6.07, 6.45) is 0.223. The molecule has 0 saturated carbocycles. The van der Waals surface area contributed by atoms with Gasteiger partial charge < -0.3 is 9.15 Å². The molecule has 1 fully saturated rings. The molecule has 2 heterocycles. The lowest BCUT2D eigenvalue weighted by Crippen LogP contribution is -2.48. The molecule has 0 spiro atoms. The lowest BCUT2D eigenvalue weighted by Gasteiger charge is -2.34. The molecule has 2 atom stereocenters. The summed E-state index contributed by atoms with van der Waals surface area (Å²) < 4.78 is 37.9. The minimum absolute atomic E-state index is 0.00448. The van der Waals surface area contributed by atoms with Gasteiger partial charge >= 0.3 is 6.01 Å². The smallest absolute Gasteiger partial charge is 0.322 e. The van der Waals surface area contributed by atoms with E-state index in [1.54, 1.807) is 0 Å². The van der Waals surface area contributed by atoms with E-state index < -0.39 is 15.9 Å². The lowest BCUT2D eigenvalue weighted by molar-refractivity contribution is -0.0440. The number of sulfonamides is 1. The van der Waals surface area contributed by atoms with Crippen LogP contribution in [0.1, 0.15) is 37.0 Å². The number of morpholine rings is 1. The fraction of sp³-hybridized carbons (Fsp3) is 0.471. The number of carbonyl (C=O) groups is 1. The van der Waals surface area contributed by atoms with E-state index >= 15 is 0 Å². The molecule has 2 aromatic rings. The van der Waals surface area contributed by atoms with E-state index in [0.717, 1.165) is 0 Å². The number of carbonyl (C=O) groups excluding carboxylic acids is 1. The van der Waals surface area contributed by atoms with Crippen molar-refractivity contribution in [1.29, 1.82) is 0 Å². The SMILES string of the molecule is CCc1nnc(NC(=O)c2ccc(S(=O)(=O)N3C[C@H](C)O[C@@H](C)C3)cc2)o1. The average Bonchev–Trinajstić information content (AvgIpc) is 3.08. The van der Waals surface area contributed by atoms with E-state index in [2.05, 4.69) is 15.5 Å². The Bertz CT molecular complexity index is 900. The average molecular weight is 394 g/mol. The third-order valence-electron chi connectivity index (χ3n) is 4.13. The van der Waals surface area contributed by atoms with Gasteiger partial charge in [0.05, 0.1) is 17.1 Å². The van der Waals surface area contributed by atoms with Crippen LogP contribution in [0.2, 0.25) is 0 Å². The Morgan fingerprint density at radius 2 is 1.81 bits per heavy atom. The highest BCUT2D eigenvalue weighted by atomic mass is 32.2. The van der Waals surface area contributed by atoms with Gasteiger partial charge in [-0.1, -0.05) is 12.0 Å². The van der Waals surface area contributed by atoms with Crippen LogP contribution >= 0.6 is 0 Å². The zero-order chi connectivity index (χ0) is 19.6. The number of benzene rings is 1. The molecule has 146 valence electrons. The molecule has 3 rings (SSSR count). The number of nitrogens with one attached hydrogen (secondary N) is 1. The number of ether oxygens (including phenoxy) is 1. The summed E-state index contributed by atoms with van der Waals surface area (Å²) >= 11 is 0. The van der Waals surface area contributed by atoms with Gasteiger partial charge in [0.25, 0.3) is 5.91 Å². The van der Waals surface area contributed by atoms with Crippen LogP contribution in [0.5, 0.6) is 0 Å². The molecule has 10 heteroatoms. The van der Waals surface area contributed by atoms with Crippen molar-refractivity contribution in [3.63, 3.8) is 0 Å². The topological polar surface area (TPSA) is 115 Å². The molecule has 1 aliphatic rings. The fourth-order valence-electron chi connectivity index (χ4n) is 2.87. The molecule has 27 heavy (non-hydrogen) atoms. The minimum atomic E-state index is -3.65. The van der Waals surface area contributed by atoms with E-state index in [9.17, 15) is 13.2 Å². The highest BCUT2D eigenvalue weighted by Crippen LogP contribution is 2.21. The van der Waals surface area contributed by atoms with Gasteiger partial charge in [-0.05, 0) is 38.1 Å². The van der Waals surface area contributed by atoms with Gasteiger partial charge in [-0.3, -0.25) is 10.1 Å². The fourth-order valence-corrected chi connectivity index (χ4v) is 4.46. The number of hydrogen-bond donors (Lipinski definition) is 1. The monoisotopic (exact) mass is 394 g/mol. The maximum atomic E-state index is 12.8. The van der Waals surface area contributed by atoms with Crippen molar-refractivity contribution in [2.45, 2.75) is 44.3 Å². The number of aryl methyl sites for hydroxylation is 1. The Labute approximate surface area is 157 Å². The molecule has 1 amide bonds. The first-order valence-corrected chi connectivity index (χ1v) is 10.1. The van der Waals surface area contributed by atoms with Gasteiger partial charge in [-0.25, -0.2) is 8.42 Å². The first-order valence-electron chi connectivity index (χ1n) is 8.69. The quantitative estimate of drug-likeness (QED) is 0.820. The van der Waals surface area contributed by atoms with Crippen LogP contribution in [-0.2, 0) is 21.2 Å². The highest BCUT2D eigenvalue weighted by Gasteiger charge is 2.32. The molecule has 1 aromatic carbocycles. The van der Waals surface area contributed by atoms with Gasteiger partial charge in [0.15, 0.2) is 0 Å². The van der Waals surface area contributed by atoms with Crippen molar-refractivity contribution in [2.24, 2.45) is 0 Å². The molecular weight excluding hydrogens is 372 g/mol. The van der Waals surface area contributed by atoms with Crippen LogP contribution < -0.4 is 5.32 Å². The molecule has 1 aromatic heterocycles. The summed E-state index contributed by atoms with van der Waals surface area (Å²) in [5.74, 6) is -0.0421. The summed E-state index contributed by atoms with van der Waals surface area (Å²) in [5, 5.41) is 9.98. The third-order valence-corrected chi connectivity index (χ3v) is 5.98. The summed E-state index contributed by atoms with van der Waals surface area (Å²) in [6, 6.07) is 5.74. The number of rotatable bonds is 5. The first kappa shape index (κ1) is 19.5. The van der Waals surface area contributed by atoms with Crippen LogP contribution in [0.4, 0.5) is 6.01 Å². The summed E-state index contributed by atoms with van der Waals surface area (Å²) in [6.45, 7) is 6.13. The molecule has 0 radical (unpaired) electrons. The zero-order valence-corrected chi connectivity index (χ0v) is 16.2. The first-order chi connectivity index (χ1) is 12.8. The number of amides is 1. The van der Waals surface area contributed by atoms with Crippen LogP contribution in [0.15, 0.2) is 33.6 Å². The van der Waals surface area contributed by atoms with Crippen LogP contribution in [0.3, 0.4) is 0 Å². The van der Waals surface area contributed by atoms with Crippen LogP contribution in [0.25, 0.3) is 0 Å². The molecule has 0 aliphatic carbocycles. The number of nitrogens with zero attached hydrogens (tertiary/aromatic N) is 3. The van der Waals surface area contributed by atoms with E-state index in [-0.39, 0.29) is 28.7 Å². The van der Waals surface area contributed by atoms with E-state index in [1.165, 1.54) is 28.6 Å². The molecule has 9 nitrogen and oxygen atoms in total. The largest absolute Gasteiger partial charge is 0.408 e. The predicted molar refractivity (Wildman–Crippen MR) is 96.8 cm³/mol.